The van der Waals surface area contributed by atoms with Crippen LogP contribution in [-0.2, 0) is 10.1 Å². The van der Waals surface area contributed by atoms with Gasteiger partial charge in [-0.25, -0.2) is 0 Å². The first-order chi connectivity index (χ1) is 9.44. The predicted molar refractivity (Wildman–Crippen MR) is 74.9 cm³/mol. The van der Waals surface area contributed by atoms with Crippen LogP contribution >= 0.6 is 0 Å². The van der Waals surface area contributed by atoms with Crippen LogP contribution in [0, 0.1) is 25.2 Å². The topological polar surface area (TPSA) is 67.2 Å². The van der Waals surface area contributed by atoms with Gasteiger partial charge in [-0.05, 0) is 49.2 Å². The molecule has 4 nitrogen and oxygen atoms in total. The lowest BCUT2D eigenvalue weighted by Crippen LogP contribution is -2.11. The Kier molecular flexibility index (Phi) is 3.77. The Morgan fingerprint density at radius 1 is 1.05 bits per heavy atom. The van der Waals surface area contributed by atoms with Gasteiger partial charge in [-0.1, -0.05) is 18.2 Å². The lowest BCUT2D eigenvalue weighted by atomic mass is 10.1. The van der Waals surface area contributed by atoms with Crippen molar-refractivity contribution in [3.05, 3.63) is 59.2 Å². The van der Waals surface area contributed by atoms with Crippen molar-refractivity contribution in [2.45, 2.75) is 18.7 Å². The number of hydrogen-bond acceptors (Lipinski definition) is 4. The zero-order chi connectivity index (χ0) is 14.8. The fourth-order valence-electron chi connectivity index (χ4n) is 1.67. The monoisotopic (exact) mass is 287 g/mol. The highest BCUT2D eigenvalue weighted by atomic mass is 32.2. The number of hydrogen-bond donors (Lipinski definition) is 0. The lowest BCUT2D eigenvalue weighted by Gasteiger charge is -2.09. The summed E-state index contributed by atoms with van der Waals surface area (Å²) < 4.78 is 29.5. The summed E-state index contributed by atoms with van der Waals surface area (Å²) in [6.45, 7) is 3.73. The van der Waals surface area contributed by atoms with Crippen LogP contribution in [0.25, 0.3) is 0 Å². The summed E-state index contributed by atoms with van der Waals surface area (Å²) in [7, 11) is -3.94. The summed E-state index contributed by atoms with van der Waals surface area (Å²) in [6.07, 6.45) is 0. The first-order valence-corrected chi connectivity index (χ1v) is 7.36. The molecule has 0 spiro atoms. The molecule has 0 unspecified atom stereocenters. The van der Waals surface area contributed by atoms with Gasteiger partial charge in [0.2, 0.25) is 0 Å². The van der Waals surface area contributed by atoms with Crippen molar-refractivity contribution in [3.63, 3.8) is 0 Å². The van der Waals surface area contributed by atoms with E-state index in [0.29, 0.717) is 0 Å². The van der Waals surface area contributed by atoms with Crippen LogP contribution in [0.3, 0.4) is 0 Å². The van der Waals surface area contributed by atoms with Crippen LogP contribution < -0.4 is 4.18 Å². The minimum Gasteiger partial charge on any atom is -0.378 e. The fourth-order valence-corrected chi connectivity index (χ4v) is 2.70. The molecular formula is C15H13NO3S. The van der Waals surface area contributed by atoms with Crippen molar-refractivity contribution in [3.8, 4) is 11.8 Å². The second-order valence-electron chi connectivity index (χ2n) is 4.39. The van der Waals surface area contributed by atoms with E-state index in [9.17, 15) is 8.42 Å². The second kappa shape index (κ2) is 5.35. The van der Waals surface area contributed by atoms with Gasteiger partial charge in [0.25, 0.3) is 0 Å². The first-order valence-electron chi connectivity index (χ1n) is 5.95. The molecule has 0 fully saturated rings. The Labute approximate surface area is 118 Å². The third-order valence-electron chi connectivity index (χ3n) is 2.97. The maximum Gasteiger partial charge on any atom is 0.339 e. The normalized spacial score (nSPS) is 10.8. The summed E-state index contributed by atoms with van der Waals surface area (Å²) in [5.41, 5.74) is 2.05. The molecule has 0 saturated heterocycles. The Hall–Kier alpha value is -2.32. The van der Waals surface area contributed by atoms with Gasteiger partial charge in [0.1, 0.15) is 11.0 Å². The van der Waals surface area contributed by atoms with Crippen molar-refractivity contribution < 1.29 is 12.6 Å². The zero-order valence-electron chi connectivity index (χ0n) is 11.1. The highest BCUT2D eigenvalue weighted by Crippen LogP contribution is 2.23. The summed E-state index contributed by atoms with van der Waals surface area (Å²) in [4.78, 5) is 0.0772. The standard InChI is InChI=1S/C15H13NO3S/c1-11-7-8-14(9-12(11)2)20(17,18)19-15-6-4-3-5-13(15)10-16/h3-9H,1-2H3. The Morgan fingerprint density at radius 3 is 2.40 bits per heavy atom. The Bertz CT molecular complexity index is 789. The van der Waals surface area contributed by atoms with Gasteiger partial charge in [-0.15, -0.1) is 0 Å². The van der Waals surface area contributed by atoms with Crippen molar-refractivity contribution in [2.75, 3.05) is 0 Å². The van der Waals surface area contributed by atoms with Crippen LogP contribution in [0.4, 0.5) is 0 Å². The van der Waals surface area contributed by atoms with Crippen LogP contribution in [0.5, 0.6) is 5.75 Å². The summed E-state index contributed by atoms with van der Waals surface area (Å²) >= 11 is 0. The van der Waals surface area contributed by atoms with Crippen LogP contribution in [-0.4, -0.2) is 8.42 Å². The summed E-state index contributed by atoms with van der Waals surface area (Å²) in [6, 6.07) is 12.9. The van der Waals surface area contributed by atoms with E-state index < -0.39 is 10.1 Å². The average Bonchev–Trinajstić information content (AvgIpc) is 2.42. The van der Waals surface area contributed by atoms with Gasteiger partial charge >= 0.3 is 10.1 Å². The molecule has 0 N–H and O–H groups in total. The average molecular weight is 287 g/mol. The fraction of sp³-hybridized carbons (Fsp3) is 0.133. The summed E-state index contributed by atoms with van der Waals surface area (Å²) in [5.74, 6) is 0.0354. The highest BCUT2D eigenvalue weighted by Gasteiger charge is 2.18. The molecule has 5 heteroatoms. The molecule has 0 aliphatic heterocycles. The smallest absolute Gasteiger partial charge is 0.339 e. The molecule has 0 atom stereocenters. The van der Waals surface area contributed by atoms with E-state index in [2.05, 4.69) is 0 Å². The number of aryl methyl sites for hydroxylation is 2. The molecule has 102 valence electrons. The molecule has 20 heavy (non-hydrogen) atoms. The molecule has 0 aliphatic carbocycles. The molecule has 0 radical (unpaired) electrons. The van der Waals surface area contributed by atoms with E-state index >= 15 is 0 Å². The Morgan fingerprint density at radius 2 is 1.75 bits per heavy atom. The minimum atomic E-state index is -3.94. The van der Waals surface area contributed by atoms with Gasteiger partial charge in [-0.2, -0.15) is 13.7 Å². The van der Waals surface area contributed by atoms with Crippen molar-refractivity contribution in [2.24, 2.45) is 0 Å². The number of nitrogens with zero attached hydrogens (tertiary/aromatic N) is 1. The predicted octanol–water partition coefficient (Wildman–Crippen LogP) is 2.94. The van der Waals surface area contributed by atoms with Crippen LogP contribution in [0.1, 0.15) is 16.7 Å². The lowest BCUT2D eigenvalue weighted by molar-refractivity contribution is 0.485. The van der Waals surface area contributed by atoms with Gasteiger partial charge in [0, 0.05) is 0 Å². The third kappa shape index (κ3) is 2.81. The van der Waals surface area contributed by atoms with E-state index in [4.69, 9.17) is 9.44 Å². The Balaban J connectivity index is 2.41. The van der Waals surface area contributed by atoms with Crippen molar-refractivity contribution in [1.82, 2.24) is 0 Å². The minimum absolute atomic E-state index is 0.0354. The number of rotatable bonds is 3. The molecule has 0 aromatic heterocycles. The number of para-hydroxylation sites is 1. The van der Waals surface area contributed by atoms with Crippen LogP contribution in [0.2, 0.25) is 0 Å². The molecular weight excluding hydrogens is 274 g/mol. The molecule has 2 rings (SSSR count). The quantitative estimate of drug-likeness (QED) is 0.814. The molecule has 0 heterocycles. The van der Waals surface area contributed by atoms with Gasteiger partial charge in [-0.3, -0.25) is 0 Å². The molecule has 2 aromatic carbocycles. The zero-order valence-corrected chi connectivity index (χ0v) is 11.9. The van der Waals surface area contributed by atoms with E-state index in [1.807, 2.05) is 19.9 Å². The van der Waals surface area contributed by atoms with Crippen LogP contribution in [0.15, 0.2) is 47.4 Å². The highest BCUT2D eigenvalue weighted by molar-refractivity contribution is 7.87. The summed E-state index contributed by atoms with van der Waals surface area (Å²) in [5, 5.41) is 8.94. The van der Waals surface area contributed by atoms with E-state index in [-0.39, 0.29) is 16.2 Å². The van der Waals surface area contributed by atoms with Crippen molar-refractivity contribution >= 4 is 10.1 Å². The number of benzene rings is 2. The van der Waals surface area contributed by atoms with Gasteiger partial charge < -0.3 is 4.18 Å². The second-order valence-corrected chi connectivity index (χ2v) is 5.94. The van der Waals surface area contributed by atoms with E-state index in [1.54, 1.807) is 24.3 Å². The maximum atomic E-state index is 12.2. The van der Waals surface area contributed by atoms with Gasteiger partial charge in [0.05, 0.1) is 5.56 Å². The maximum absolute atomic E-state index is 12.2. The van der Waals surface area contributed by atoms with Gasteiger partial charge in [0.15, 0.2) is 5.75 Å². The SMILES string of the molecule is Cc1ccc(S(=O)(=O)Oc2ccccc2C#N)cc1C. The van der Waals surface area contributed by atoms with E-state index in [1.165, 1.54) is 18.2 Å². The molecule has 0 bridgehead atoms. The molecule has 0 aliphatic rings. The largest absolute Gasteiger partial charge is 0.378 e. The number of nitriles is 1. The first kappa shape index (κ1) is 14.1. The van der Waals surface area contributed by atoms with E-state index in [0.717, 1.165) is 11.1 Å². The molecule has 2 aromatic rings. The van der Waals surface area contributed by atoms with Crippen molar-refractivity contribution in [1.29, 1.82) is 5.26 Å². The third-order valence-corrected chi connectivity index (χ3v) is 4.20. The molecule has 0 saturated carbocycles. The molecule has 0 amide bonds.